The lowest BCUT2D eigenvalue weighted by molar-refractivity contribution is -0.121. The number of nitrogens with one attached hydrogen (secondary N) is 3. The highest BCUT2D eigenvalue weighted by Crippen LogP contribution is 2.33. The van der Waals surface area contributed by atoms with Crippen LogP contribution in [0.3, 0.4) is 0 Å². The summed E-state index contributed by atoms with van der Waals surface area (Å²) in [5.41, 5.74) is 5.56. The molecule has 0 radical (unpaired) electrons. The number of amides is 3. The number of urea groups is 1. The van der Waals surface area contributed by atoms with Crippen molar-refractivity contribution in [1.29, 1.82) is 0 Å². The lowest BCUT2D eigenvalue weighted by Crippen LogP contribution is -2.36. The fourth-order valence-electron chi connectivity index (χ4n) is 5.05. The first-order chi connectivity index (χ1) is 18.0. The van der Waals surface area contributed by atoms with Gasteiger partial charge in [0.15, 0.2) is 0 Å². The monoisotopic (exact) mass is 540 g/mol. The van der Waals surface area contributed by atoms with E-state index in [9.17, 15) is 14.7 Å². The summed E-state index contributed by atoms with van der Waals surface area (Å²) in [4.78, 5) is 23.5. The Morgan fingerprint density at radius 1 is 1.00 bits per heavy atom. The predicted molar refractivity (Wildman–Crippen MR) is 153 cm³/mol. The molecule has 2 aliphatic rings. The molecule has 9 heteroatoms. The molecule has 2 fully saturated rings. The van der Waals surface area contributed by atoms with Crippen LogP contribution in [0.25, 0.3) is 0 Å². The molecular formula is C28H52N4O4S. The predicted octanol–water partition coefficient (Wildman–Crippen LogP) is 3.75. The van der Waals surface area contributed by atoms with Gasteiger partial charge in [-0.3, -0.25) is 4.79 Å². The van der Waals surface area contributed by atoms with E-state index in [0.717, 1.165) is 50.8 Å². The van der Waals surface area contributed by atoms with Gasteiger partial charge < -0.3 is 31.9 Å². The molecule has 5 atom stereocenters. The first-order valence-electron chi connectivity index (χ1n) is 14.7. The smallest absolute Gasteiger partial charge is 0.315 e. The van der Waals surface area contributed by atoms with E-state index in [1.165, 1.54) is 57.8 Å². The van der Waals surface area contributed by atoms with Crippen molar-refractivity contribution in [2.45, 2.75) is 132 Å². The minimum atomic E-state index is -0.753. The molecule has 0 bridgehead atoms. The number of carbonyl (C=O) groups excluding carboxylic acids is 2. The number of unbranched alkanes of at least 4 members (excludes halogenated alkanes) is 12. The van der Waals surface area contributed by atoms with E-state index < -0.39 is 12.1 Å². The van der Waals surface area contributed by atoms with Crippen LogP contribution >= 0.6 is 11.8 Å². The number of hydrogen-bond donors (Lipinski definition) is 6. The Morgan fingerprint density at radius 3 is 2.32 bits per heavy atom. The van der Waals surface area contributed by atoms with Gasteiger partial charge in [-0.25, -0.2) is 4.79 Å². The molecule has 2 heterocycles. The zero-order valence-electron chi connectivity index (χ0n) is 22.7. The maximum atomic E-state index is 12.1. The lowest BCUT2D eigenvalue weighted by Gasteiger charge is -2.16. The van der Waals surface area contributed by atoms with Crippen molar-refractivity contribution in [2.75, 3.05) is 18.9 Å². The molecule has 2 rings (SSSR count). The summed E-state index contributed by atoms with van der Waals surface area (Å²) in [5.74, 6) is 1.16. The van der Waals surface area contributed by atoms with E-state index in [1.54, 1.807) is 6.08 Å². The second-order valence-corrected chi connectivity index (χ2v) is 11.9. The quantitative estimate of drug-likeness (QED) is 0.0703. The summed E-state index contributed by atoms with van der Waals surface area (Å²) in [5, 5.41) is 28.1. The number of thioether (sulfide) groups is 1. The number of aliphatic hydroxyl groups excluding tert-OH is 2. The van der Waals surface area contributed by atoms with Gasteiger partial charge in [-0.1, -0.05) is 76.4 Å². The van der Waals surface area contributed by atoms with E-state index >= 15 is 0 Å². The van der Waals surface area contributed by atoms with Crippen LogP contribution in [0.4, 0.5) is 4.79 Å². The fraction of sp³-hybridized carbons (Fsp3) is 0.857. The molecule has 0 saturated carbocycles. The van der Waals surface area contributed by atoms with Crippen LogP contribution in [0.15, 0.2) is 12.2 Å². The van der Waals surface area contributed by atoms with Crippen molar-refractivity contribution in [3.8, 4) is 0 Å². The van der Waals surface area contributed by atoms with E-state index in [1.807, 2.05) is 17.8 Å². The first-order valence-corrected chi connectivity index (χ1v) is 15.7. The van der Waals surface area contributed by atoms with Crippen LogP contribution in [0, 0.1) is 0 Å². The largest absolute Gasteiger partial charge is 0.395 e. The van der Waals surface area contributed by atoms with Crippen molar-refractivity contribution < 1.29 is 19.8 Å². The summed E-state index contributed by atoms with van der Waals surface area (Å²) >= 11 is 1.93. The fourth-order valence-corrected chi connectivity index (χ4v) is 6.60. The number of aliphatic hydroxyl groups is 2. The third-order valence-electron chi connectivity index (χ3n) is 7.43. The van der Waals surface area contributed by atoms with E-state index in [0.29, 0.717) is 11.7 Å². The maximum absolute atomic E-state index is 12.1. The first kappa shape index (κ1) is 31.9. The Morgan fingerprint density at radius 2 is 1.65 bits per heavy atom. The molecule has 0 aromatic carbocycles. The number of hydrogen-bond acceptors (Lipinski definition) is 6. The van der Waals surface area contributed by atoms with Crippen LogP contribution in [-0.2, 0) is 4.79 Å². The van der Waals surface area contributed by atoms with E-state index in [2.05, 4.69) is 16.0 Å². The van der Waals surface area contributed by atoms with Crippen molar-refractivity contribution >= 4 is 23.7 Å². The van der Waals surface area contributed by atoms with Crippen LogP contribution in [0.1, 0.15) is 103 Å². The topological polar surface area (TPSA) is 137 Å². The normalized spacial score (nSPS) is 22.6. The van der Waals surface area contributed by atoms with Gasteiger partial charge >= 0.3 is 6.03 Å². The molecule has 3 unspecified atom stereocenters. The van der Waals surface area contributed by atoms with Gasteiger partial charge in [0.2, 0.25) is 5.91 Å². The Kier molecular flexibility index (Phi) is 17.0. The maximum Gasteiger partial charge on any atom is 0.315 e. The Hall–Kier alpha value is -1.29. The van der Waals surface area contributed by atoms with Crippen molar-refractivity contribution in [1.82, 2.24) is 16.0 Å². The third kappa shape index (κ3) is 13.9. The number of rotatable bonds is 22. The number of nitrogens with two attached hydrogens (primary N) is 1. The molecule has 7 N–H and O–H groups in total. The molecular weight excluding hydrogens is 488 g/mol. The highest BCUT2D eigenvalue weighted by Gasteiger charge is 2.42. The number of carbonyl (C=O) groups is 2. The Balaban J connectivity index is 1.27. The van der Waals surface area contributed by atoms with Gasteiger partial charge in [0, 0.05) is 24.0 Å². The Bertz CT molecular complexity index is 666. The zero-order chi connectivity index (χ0) is 26.7. The summed E-state index contributed by atoms with van der Waals surface area (Å²) in [6.45, 7) is 0.593. The number of fused-ring (bicyclic) bond motifs is 1. The molecule has 214 valence electrons. The van der Waals surface area contributed by atoms with Gasteiger partial charge in [0.25, 0.3) is 0 Å². The summed E-state index contributed by atoms with van der Waals surface area (Å²) in [6.07, 6.45) is 21.1. The molecule has 2 saturated heterocycles. The average Bonchev–Trinajstić information content (AvgIpc) is 3.44. The van der Waals surface area contributed by atoms with Gasteiger partial charge in [0.05, 0.1) is 30.8 Å². The van der Waals surface area contributed by atoms with Gasteiger partial charge in [0.1, 0.15) is 0 Å². The van der Waals surface area contributed by atoms with Crippen LogP contribution in [-0.4, -0.2) is 70.5 Å². The molecule has 0 aromatic rings. The molecule has 0 aromatic heterocycles. The summed E-state index contributed by atoms with van der Waals surface area (Å²) in [7, 11) is 0. The van der Waals surface area contributed by atoms with Gasteiger partial charge in [-0.2, -0.15) is 11.8 Å². The third-order valence-corrected chi connectivity index (χ3v) is 8.94. The van der Waals surface area contributed by atoms with Crippen LogP contribution < -0.4 is 21.7 Å². The van der Waals surface area contributed by atoms with Crippen LogP contribution in [0.2, 0.25) is 0 Å². The molecule has 2 aliphatic heterocycles. The van der Waals surface area contributed by atoms with Crippen molar-refractivity contribution in [3.63, 3.8) is 0 Å². The molecule has 3 amide bonds. The van der Waals surface area contributed by atoms with Crippen LogP contribution in [0.5, 0.6) is 0 Å². The second kappa shape index (κ2) is 19.7. The number of allylic oxidation sites excluding steroid dienone is 1. The molecule has 8 nitrogen and oxygen atoms in total. The summed E-state index contributed by atoms with van der Waals surface area (Å²) < 4.78 is 0. The Labute approximate surface area is 228 Å². The van der Waals surface area contributed by atoms with Gasteiger partial charge in [-0.15, -0.1) is 0 Å². The van der Waals surface area contributed by atoms with E-state index in [-0.39, 0.29) is 30.6 Å². The SMILES string of the molecule is N[C@H](CO)[C@H](O)/C=C/CCCCCCCCCCCCCNC(=O)CCCCC1SCC2NC(=O)NC21. The van der Waals surface area contributed by atoms with E-state index in [4.69, 9.17) is 10.8 Å². The zero-order valence-corrected chi connectivity index (χ0v) is 23.5. The minimum absolute atomic E-state index is 0.0343. The standard InChI is InChI=1S/C28H52N4O4S/c29-22(20-33)24(34)16-12-10-8-6-4-2-1-3-5-7-9-11-15-19-30-26(35)18-14-13-17-25-27-23(21-37-25)31-28(36)32-27/h12,16,22-25,27,33-34H,1-11,13-15,17-21,29H2,(H,30,35)(H2,31,32,36)/b16-12+/t22-,23?,24-,25?,27?/m1/s1. The lowest BCUT2D eigenvalue weighted by atomic mass is 10.0. The van der Waals surface area contributed by atoms with Crippen molar-refractivity contribution in [3.05, 3.63) is 12.2 Å². The average molecular weight is 541 g/mol. The molecule has 0 spiro atoms. The van der Waals surface area contributed by atoms with Crippen molar-refractivity contribution in [2.24, 2.45) is 5.73 Å². The molecule has 37 heavy (non-hydrogen) atoms. The highest BCUT2D eigenvalue weighted by molar-refractivity contribution is 8.00. The minimum Gasteiger partial charge on any atom is -0.395 e. The summed E-state index contributed by atoms with van der Waals surface area (Å²) in [6, 6.07) is -0.0816. The van der Waals surface area contributed by atoms with Gasteiger partial charge in [-0.05, 0) is 32.1 Å². The second-order valence-electron chi connectivity index (χ2n) is 10.7. The highest BCUT2D eigenvalue weighted by atomic mass is 32.2. The molecule has 0 aliphatic carbocycles.